The first-order valence-corrected chi connectivity index (χ1v) is 25.4. The van der Waals surface area contributed by atoms with Crippen LogP contribution in [0.15, 0.2) is 109 Å². The molecule has 0 aromatic carbocycles. The number of carbonyl (C=O) groups excluding carboxylic acids is 2. The first-order chi connectivity index (χ1) is 32.2. The summed E-state index contributed by atoms with van der Waals surface area (Å²) < 4.78 is 33.3. The van der Waals surface area contributed by atoms with E-state index in [9.17, 15) is 54.8 Å². The number of hydrogen-bond acceptors (Lipinski definition) is 14. The highest BCUT2D eigenvalue weighted by atomic mass is 31.2. The Morgan fingerprint density at radius 1 is 0.537 bits per heavy atom. The molecule has 0 spiro atoms. The minimum atomic E-state index is -5.23. The van der Waals surface area contributed by atoms with Crippen LogP contribution in [0.5, 0.6) is 0 Å². The Hall–Kier alpha value is -3.57. The molecule has 0 aliphatic heterocycles. The second-order valence-electron chi connectivity index (χ2n) is 16.2. The Balaban J connectivity index is 2.62. The SMILES string of the molecule is CC/C=C\C/C=C\C/C=C\C/C=C\C[C@@H](O)[C@H](O)CCCC(=O)O[C@H](COC(=O)CC/C=C\C/C=C\C/C=C\C/C=C\C/C=C\CCCCC)COP(=O)(O)OC1[C@H](O)[C@H](O)C(O)[C@H](O)[C@H]1O. The van der Waals surface area contributed by atoms with E-state index in [0.717, 1.165) is 44.9 Å². The zero-order chi connectivity index (χ0) is 49.5. The van der Waals surface area contributed by atoms with Gasteiger partial charge < -0.3 is 50.1 Å². The van der Waals surface area contributed by atoms with E-state index >= 15 is 0 Å². The van der Waals surface area contributed by atoms with Gasteiger partial charge in [-0.15, -0.1) is 0 Å². The molecule has 0 saturated heterocycles. The Morgan fingerprint density at radius 3 is 1.51 bits per heavy atom. The second-order valence-corrected chi connectivity index (χ2v) is 17.6. The molecule has 1 aliphatic carbocycles. The first-order valence-electron chi connectivity index (χ1n) is 23.9. The van der Waals surface area contributed by atoms with Crippen LogP contribution < -0.4 is 0 Å². The number of phosphoric acid groups is 1. The van der Waals surface area contributed by atoms with Crippen molar-refractivity contribution in [3.8, 4) is 0 Å². The highest BCUT2D eigenvalue weighted by Crippen LogP contribution is 2.47. The van der Waals surface area contributed by atoms with E-state index in [1.807, 2.05) is 42.5 Å². The van der Waals surface area contributed by atoms with Crippen molar-refractivity contribution < 1.29 is 73.3 Å². The third-order valence-electron chi connectivity index (χ3n) is 10.3. The maximum Gasteiger partial charge on any atom is 0.472 e. The molecule has 3 unspecified atom stereocenters. The summed E-state index contributed by atoms with van der Waals surface area (Å²) >= 11 is 0. The molecule has 15 nitrogen and oxygen atoms in total. The fraction of sp³-hybridized carbons (Fsp3) is 0.608. The topological polar surface area (TPSA) is 250 Å². The zero-order valence-corrected chi connectivity index (χ0v) is 40.5. The Kier molecular flexibility index (Phi) is 36.0. The monoisotopic (exact) mass is 965 g/mol. The summed E-state index contributed by atoms with van der Waals surface area (Å²) in [4.78, 5) is 35.8. The fourth-order valence-corrected chi connectivity index (χ4v) is 7.33. The van der Waals surface area contributed by atoms with Gasteiger partial charge in [-0.25, -0.2) is 4.57 Å². The molecule has 0 aromatic heterocycles. The average molecular weight is 965 g/mol. The molecule has 16 heteroatoms. The molecule has 0 aromatic rings. The fourth-order valence-electron chi connectivity index (χ4n) is 6.36. The van der Waals surface area contributed by atoms with Crippen molar-refractivity contribution in [2.75, 3.05) is 13.2 Å². The number of aliphatic hydroxyl groups excluding tert-OH is 7. The van der Waals surface area contributed by atoms with Crippen LogP contribution in [0, 0.1) is 0 Å². The number of allylic oxidation sites excluding steroid dienone is 17. The molecule has 0 heterocycles. The number of phosphoric ester groups is 1. The van der Waals surface area contributed by atoms with Crippen LogP contribution >= 0.6 is 7.82 Å². The Morgan fingerprint density at radius 2 is 1.00 bits per heavy atom. The van der Waals surface area contributed by atoms with Gasteiger partial charge in [0.1, 0.15) is 43.2 Å². The van der Waals surface area contributed by atoms with Crippen molar-refractivity contribution in [1.29, 1.82) is 0 Å². The predicted molar refractivity (Wildman–Crippen MR) is 260 cm³/mol. The van der Waals surface area contributed by atoms with Gasteiger partial charge >= 0.3 is 19.8 Å². The average Bonchev–Trinajstić information content (AvgIpc) is 3.30. The summed E-state index contributed by atoms with van der Waals surface area (Å²) in [6, 6.07) is 0. The largest absolute Gasteiger partial charge is 0.472 e. The molecule has 0 amide bonds. The lowest BCUT2D eigenvalue weighted by atomic mass is 9.85. The highest BCUT2D eigenvalue weighted by Gasteiger charge is 2.51. The van der Waals surface area contributed by atoms with Crippen LogP contribution in [-0.4, -0.2) is 121 Å². The van der Waals surface area contributed by atoms with Crippen LogP contribution in [0.3, 0.4) is 0 Å². The van der Waals surface area contributed by atoms with Crippen molar-refractivity contribution in [1.82, 2.24) is 0 Å². The third-order valence-corrected chi connectivity index (χ3v) is 11.3. The number of unbranched alkanes of at least 4 members (excludes halogenated alkanes) is 3. The second kappa shape index (κ2) is 39.3. The molecule has 0 bridgehead atoms. The highest BCUT2D eigenvalue weighted by molar-refractivity contribution is 7.47. The van der Waals surface area contributed by atoms with Crippen molar-refractivity contribution in [3.63, 3.8) is 0 Å². The quantitative estimate of drug-likeness (QED) is 0.0130. The van der Waals surface area contributed by atoms with E-state index in [1.165, 1.54) is 19.3 Å². The third kappa shape index (κ3) is 31.2. The van der Waals surface area contributed by atoms with E-state index in [1.54, 1.807) is 6.08 Å². The lowest BCUT2D eigenvalue weighted by Crippen LogP contribution is -2.64. The number of rotatable bonds is 37. The summed E-state index contributed by atoms with van der Waals surface area (Å²) in [7, 11) is -5.23. The molecule has 67 heavy (non-hydrogen) atoms. The van der Waals surface area contributed by atoms with Crippen molar-refractivity contribution in [2.24, 2.45) is 0 Å². The lowest BCUT2D eigenvalue weighted by Gasteiger charge is -2.41. The summed E-state index contributed by atoms with van der Waals surface area (Å²) in [5.41, 5.74) is 0. The predicted octanol–water partition coefficient (Wildman–Crippen LogP) is 7.55. The maximum atomic E-state index is 12.8. The van der Waals surface area contributed by atoms with E-state index in [0.29, 0.717) is 19.3 Å². The lowest BCUT2D eigenvalue weighted by molar-refractivity contribution is -0.220. The van der Waals surface area contributed by atoms with Gasteiger partial charge in [0.25, 0.3) is 0 Å². The molecule has 8 N–H and O–H groups in total. The van der Waals surface area contributed by atoms with Crippen LogP contribution in [0.1, 0.15) is 129 Å². The van der Waals surface area contributed by atoms with Crippen LogP contribution in [0.2, 0.25) is 0 Å². The van der Waals surface area contributed by atoms with Gasteiger partial charge in [-0.05, 0) is 89.9 Å². The minimum absolute atomic E-state index is 0.0245. The number of ether oxygens (including phenoxy) is 2. The van der Waals surface area contributed by atoms with E-state index in [-0.39, 0.29) is 32.1 Å². The van der Waals surface area contributed by atoms with Crippen LogP contribution in [0.25, 0.3) is 0 Å². The van der Waals surface area contributed by atoms with Crippen molar-refractivity contribution >= 4 is 19.8 Å². The summed E-state index contributed by atoms with van der Waals surface area (Å²) in [5, 5.41) is 71.0. The van der Waals surface area contributed by atoms with Gasteiger partial charge in [-0.1, -0.05) is 136 Å². The molecule has 10 atom stereocenters. The summed E-state index contributed by atoms with van der Waals surface area (Å²) in [6.45, 7) is 2.83. The number of hydrogen-bond donors (Lipinski definition) is 8. The Labute approximate surface area is 398 Å². The maximum absolute atomic E-state index is 12.8. The van der Waals surface area contributed by atoms with E-state index < -0.39 is 87.9 Å². The molecule has 1 rings (SSSR count). The van der Waals surface area contributed by atoms with Crippen LogP contribution in [0.4, 0.5) is 0 Å². The molecule has 0 radical (unpaired) electrons. The number of carbonyl (C=O) groups is 2. The zero-order valence-electron chi connectivity index (χ0n) is 39.6. The number of aliphatic hydroxyl groups is 7. The van der Waals surface area contributed by atoms with E-state index in [2.05, 4.69) is 74.6 Å². The molecular weight excluding hydrogens is 884 g/mol. The van der Waals surface area contributed by atoms with Crippen LogP contribution in [-0.2, 0) is 32.7 Å². The van der Waals surface area contributed by atoms with Gasteiger partial charge in [-0.3, -0.25) is 18.6 Å². The standard InChI is InChI=1S/C51H81O15P/c1-3-5-7-9-11-13-15-17-18-19-20-21-22-23-25-27-29-31-33-37-44(54)63-39-41(40-64-67(61,62)66-51-49(59)47(57)46(56)48(58)50(51)60)65-45(55)38-34-36-43(53)42(52)35-32-30-28-26-24-16-14-12-10-8-6-4-2/h6,8,11-14,17-18,20-21,23-26,29-32,41-43,46-53,56-60H,3-5,7,9-10,15-16,19,22,27-28,33-40H2,1-2H3,(H,61,62)/b8-6-,13-11-,14-12-,18-17-,21-20-,25-23-,26-24-,31-29-,32-30-/t41-,42-,43-,46?,47-,48+,49-,50-,51?/m1/s1. The molecule has 1 saturated carbocycles. The number of esters is 2. The Bertz CT molecular complexity index is 1620. The van der Waals surface area contributed by atoms with Crippen molar-refractivity contribution in [2.45, 2.75) is 184 Å². The normalized spacial score (nSPS) is 23.1. The smallest absolute Gasteiger partial charge is 0.462 e. The molecule has 1 fully saturated rings. The first kappa shape index (κ1) is 61.4. The summed E-state index contributed by atoms with van der Waals surface area (Å²) in [5.74, 6) is -1.50. The molecular formula is C51H81O15P. The van der Waals surface area contributed by atoms with Gasteiger partial charge in [-0.2, -0.15) is 0 Å². The van der Waals surface area contributed by atoms with E-state index in [4.69, 9.17) is 18.5 Å². The molecule has 1 aliphatic rings. The van der Waals surface area contributed by atoms with Gasteiger partial charge in [0.05, 0.1) is 18.8 Å². The van der Waals surface area contributed by atoms with Crippen molar-refractivity contribution in [3.05, 3.63) is 109 Å². The van der Waals surface area contributed by atoms with Gasteiger partial charge in [0, 0.05) is 12.8 Å². The minimum Gasteiger partial charge on any atom is -0.462 e. The van der Waals surface area contributed by atoms with Gasteiger partial charge in [0.15, 0.2) is 6.10 Å². The molecule has 380 valence electrons. The van der Waals surface area contributed by atoms with Gasteiger partial charge in [0.2, 0.25) is 0 Å². The summed E-state index contributed by atoms with van der Waals surface area (Å²) in [6.07, 6.45) is 33.0.